The topological polar surface area (TPSA) is 50.9 Å². The predicted molar refractivity (Wildman–Crippen MR) is 66.2 cm³/mol. The van der Waals surface area contributed by atoms with Crippen LogP contribution >= 0.6 is 11.3 Å². The van der Waals surface area contributed by atoms with Crippen molar-refractivity contribution < 1.29 is 0 Å². The van der Waals surface area contributed by atoms with Gasteiger partial charge in [-0.3, -0.25) is 0 Å². The highest BCUT2D eigenvalue weighted by Crippen LogP contribution is 2.03. The van der Waals surface area contributed by atoms with Gasteiger partial charge in [-0.25, -0.2) is 4.98 Å². The van der Waals surface area contributed by atoms with Crippen LogP contribution < -0.4 is 11.1 Å². The number of nitrogens with zero attached hydrogens (tertiary/aromatic N) is 1. The third-order valence-corrected chi connectivity index (χ3v) is 3.17. The number of nitrogens with one attached hydrogen (secondary N) is 1. The van der Waals surface area contributed by atoms with Gasteiger partial charge in [0.1, 0.15) is 0 Å². The molecule has 0 aromatic carbocycles. The van der Waals surface area contributed by atoms with Crippen LogP contribution in [0.1, 0.15) is 31.2 Å². The zero-order chi connectivity index (χ0) is 10.9. The van der Waals surface area contributed by atoms with E-state index >= 15 is 0 Å². The quantitative estimate of drug-likeness (QED) is 0.666. The Balaban J connectivity index is 1.97. The van der Waals surface area contributed by atoms with E-state index in [2.05, 4.69) is 17.2 Å². The molecule has 1 rings (SSSR count). The third-order valence-electron chi connectivity index (χ3n) is 2.33. The zero-order valence-electron chi connectivity index (χ0n) is 9.41. The minimum atomic E-state index is 0.307. The molecule has 0 radical (unpaired) electrons. The van der Waals surface area contributed by atoms with Crippen LogP contribution in [0.5, 0.6) is 0 Å². The maximum Gasteiger partial charge on any atom is 0.0937 e. The monoisotopic (exact) mass is 227 g/mol. The molecular weight excluding hydrogens is 206 g/mol. The molecule has 1 heterocycles. The van der Waals surface area contributed by atoms with E-state index < -0.39 is 0 Å². The molecule has 0 saturated carbocycles. The Morgan fingerprint density at radius 1 is 1.60 bits per heavy atom. The molecule has 4 heteroatoms. The Hall–Kier alpha value is -0.450. The van der Waals surface area contributed by atoms with E-state index in [1.165, 1.54) is 17.8 Å². The minimum Gasteiger partial charge on any atom is -0.327 e. The zero-order valence-corrected chi connectivity index (χ0v) is 10.2. The molecule has 1 aromatic heterocycles. The summed E-state index contributed by atoms with van der Waals surface area (Å²) in [6, 6.07) is 0.307. The van der Waals surface area contributed by atoms with Gasteiger partial charge in [0.15, 0.2) is 0 Å². The van der Waals surface area contributed by atoms with Gasteiger partial charge in [-0.05, 0) is 6.42 Å². The fraction of sp³-hybridized carbons (Fsp3) is 0.727. The van der Waals surface area contributed by atoms with E-state index in [0.29, 0.717) is 6.04 Å². The summed E-state index contributed by atoms with van der Waals surface area (Å²) in [5, 5.41) is 6.59. The highest BCUT2D eigenvalue weighted by molar-refractivity contribution is 7.09. The Kier molecular flexibility index (Phi) is 6.55. The van der Waals surface area contributed by atoms with E-state index in [4.69, 9.17) is 5.73 Å². The lowest BCUT2D eigenvalue weighted by Gasteiger charge is -2.11. The molecule has 15 heavy (non-hydrogen) atoms. The molecule has 0 aliphatic heterocycles. The number of thiazole rings is 1. The summed E-state index contributed by atoms with van der Waals surface area (Å²) < 4.78 is 0. The Morgan fingerprint density at radius 2 is 2.47 bits per heavy atom. The van der Waals surface area contributed by atoms with Crippen LogP contribution in [0.15, 0.2) is 11.6 Å². The number of aromatic nitrogens is 1. The Bertz CT molecular complexity index is 236. The summed E-state index contributed by atoms with van der Waals surface area (Å²) in [4.78, 5) is 4.23. The van der Waals surface area contributed by atoms with E-state index in [-0.39, 0.29) is 0 Å². The van der Waals surface area contributed by atoms with Crippen LogP contribution in [0, 0.1) is 0 Å². The van der Waals surface area contributed by atoms with E-state index in [1.54, 1.807) is 11.3 Å². The van der Waals surface area contributed by atoms with Crippen LogP contribution in [0.3, 0.4) is 0 Å². The first-order chi connectivity index (χ1) is 7.33. The molecule has 0 fully saturated rings. The smallest absolute Gasteiger partial charge is 0.0937 e. The SMILES string of the molecule is CCCCC(N)CNCCc1nccs1. The van der Waals surface area contributed by atoms with E-state index in [1.807, 2.05) is 11.6 Å². The molecule has 3 N–H and O–H groups in total. The number of rotatable bonds is 8. The third kappa shape index (κ3) is 5.87. The molecule has 0 saturated heterocycles. The largest absolute Gasteiger partial charge is 0.327 e. The molecular formula is C11H21N3S. The summed E-state index contributed by atoms with van der Waals surface area (Å²) in [5.74, 6) is 0. The summed E-state index contributed by atoms with van der Waals surface area (Å²) in [5.41, 5.74) is 5.94. The first-order valence-corrected chi connectivity index (χ1v) is 6.55. The summed E-state index contributed by atoms with van der Waals surface area (Å²) in [6.07, 6.45) is 6.45. The second-order valence-electron chi connectivity index (χ2n) is 3.78. The summed E-state index contributed by atoms with van der Waals surface area (Å²) >= 11 is 1.71. The number of hydrogen-bond acceptors (Lipinski definition) is 4. The molecule has 0 spiro atoms. The van der Waals surface area contributed by atoms with Crippen molar-refractivity contribution >= 4 is 11.3 Å². The lowest BCUT2D eigenvalue weighted by molar-refractivity contribution is 0.526. The molecule has 86 valence electrons. The van der Waals surface area contributed by atoms with Crippen molar-refractivity contribution in [3.63, 3.8) is 0 Å². The second kappa shape index (κ2) is 7.79. The summed E-state index contributed by atoms with van der Waals surface area (Å²) in [6.45, 7) is 4.10. The first kappa shape index (κ1) is 12.6. The maximum absolute atomic E-state index is 5.94. The van der Waals surface area contributed by atoms with Gasteiger partial charge in [0, 0.05) is 37.1 Å². The lowest BCUT2D eigenvalue weighted by atomic mass is 10.1. The maximum atomic E-state index is 5.94. The van der Waals surface area contributed by atoms with Crippen LogP contribution in [-0.2, 0) is 6.42 Å². The van der Waals surface area contributed by atoms with Crippen LogP contribution in [-0.4, -0.2) is 24.1 Å². The standard InChI is InChI=1S/C11H21N3S/c1-2-3-4-10(12)9-13-6-5-11-14-7-8-15-11/h7-8,10,13H,2-6,9,12H2,1H3. The average molecular weight is 227 g/mol. The normalized spacial score (nSPS) is 12.9. The molecule has 0 bridgehead atoms. The second-order valence-corrected chi connectivity index (χ2v) is 4.76. The van der Waals surface area contributed by atoms with Crippen LogP contribution in [0.4, 0.5) is 0 Å². The number of unbranched alkanes of at least 4 members (excludes halogenated alkanes) is 1. The average Bonchev–Trinajstić information content (AvgIpc) is 2.74. The van der Waals surface area contributed by atoms with Crippen molar-refractivity contribution in [2.75, 3.05) is 13.1 Å². The fourth-order valence-electron chi connectivity index (χ4n) is 1.43. The molecule has 1 unspecified atom stereocenters. The van der Waals surface area contributed by atoms with Crippen LogP contribution in [0.25, 0.3) is 0 Å². The predicted octanol–water partition coefficient (Wildman–Crippen LogP) is 1.79. The molecule has 0 aliphatic carbocycles. The van der Waals surface area contributed by atoms with Gasteiger partial charge in [-0.15, -0.1) is 11.3 Å². The number of hydrogen-bond donors (Lipinski definition) is 2. The molecule has 0 amide bonds. The van der Waals surface area contributed by atoms with Crippen molar-refractivity contribution in [2.45, 2.75) is 38.6 Å². The Labute approximate surface area is 96.1 Å². The molecule has 1 aromatic rings. The minimum absolute atomic E-state index is 0.307. The highest BCUT2D eigenvalue weighted by Gasteiger charge is 2.01. The van der Waals surface area contributed by atoms with Gasteiger partial charge in [-0.1, -0.05) is 19.8 Å². The van der Waals surface area contributed by atoms with E-state index in [9.17, 15) is 0 Å². The van der Waals surface area contributed by atoms with Crippen molar-refractivity contribution in [3.05, 3.63) is 16.6 Å². The molecule has 0 aliphatic rings. The van der Waals surface area contributed by atoms with Crippen molar-refractivity contribution in [3.8, 4) is 0 Å². The van der Waals surface area contributed by atoms with Crippen LogP contribution in [0.2, 0.25) is 0 Å². The first-order valence-electron chi connectivity index (χ1n) is 5.67. The van der Waals surface area contributed by atoms with Crippen molar-refractivity contribution in [1.82, 2.24) is 10.3 Å². The van der Waals surface area contributed by atoms with Gasteiger partial charge >= 0.3 is 0 Å². The van der Waals surface area contributed by atoms with Gasteiger partial charge < -0.3 is 11.1 Å². The highest BCUT2D eigenvalue weighted by atomic mass is 32.1. The molecule has 3 nitrogen and oxygen atoms in total. The summed E-state index contributed by atoms with van der Waals surface area (Å²) in [7, 11) is 0. The van der Waals surface area contributed by atoms with E-state index in [0.717, 1.165) is 25.9 Å². The van der Waals surface area contributed by atoms with Gasteiger partial charge in [0.2, 0.25) is 0 Å². The molecule has 1 atom stereocenters. The van der Waals surface area contributed by atoms with Gasteiger partial charge in [0.05, 0.1) is 5.01 Å². The Morgan fingerprint density at radius 3 is 3.13 bits per heavy atom. The van der Waals surface area contributed by atoms with Gasteiger partial charge in [-0.2, -0.15) is 0 Å². The fourth-order valence-corrected chi connectivity index (χ4v) is 2.05. The number of nitrogens with two attached hydrogens (primary N) is 1. The van der Waals surface area contributed by atoms with Crippen molar-refractivity contribution in [1.29, 1.82) is 0 Å². The van der Waals surface area contributed by atoms with Gasteiger partial charge in [0.25, 0.3) is 0 Å². The lowest BCUT2D eigenvalue weighted by Crippen LogP contribution is -2.34. The van der Waals surface area contributed by atoms with Crippen molar-refractivity contribution in [2.24, 2.45) is 5.73 Å².